The summed E-state index contributed by atoms with van der Waals surface area (Å²) in [4.78, 5) is 14.8. The average molecular weight is 195 g/mol. The van der Waals surface area contributed by atoms with Gasteiger partial charge in [-0.3, -0.25) is 15.2 Å². The molecule has 1 rings (SSSR count). The van der Waals surface area contributed by atoms with Crippen LogP contribution in [0.25, 0.3) is 0 Å². The number of aryl methyl sites for hydroxylation is 2. The van der Waals surface area contributed by atoms with Gasteiger partial charge in [0.2, 0.25) is 0 Å². The van der Waals surface area contributed by atoms with Crippen molar-refractivity contribution in [2.45, 2.75) is 13.8 Å². The van der Waals surface area contributed by atoms with E-state index in [4.69, 9.17) is 10.6 Å². The molecule has 0 radical (unpaired) electrons. The fourth-order valence-corrected chi connectivity index (χ4v) is 1.02. The summed E-state index contributed by atoms with van der Waals surface area (Å²) >= 11 is 0. The maximum absolute atomic E-state index is 10.8. The van der Waals surface area contributed by atoms with Gasteiger partial charge in [0.05, 0.1) is 6.20 Å². The molecule has 1 aromatic heterocycles. The van der Waals surface area contributed by atoms with Gasteiger partial charge in [-0.15, -0.1) is 0 Å². The molecule has 0 spiro atoms. The molecule has 1 amide bonds. The Bertz CT molecular complexity index is 339. The van der Waals surface area contributed by atoms with Crippen LogP contribution >= 0.6 is 0 Å². The summed E-state index contributed by atoms with van der Waals surface area (Å²) in [5.74, 6) is 5.13. The van der Waals surface area contributed by atoms with E-state index in [1.165, 1.54) is 0 Å². The molecular formula is C9H13N3O2. The molecule has 1 aromatic rings. The number of nitrogens with one attached hydrogen (secondary N) is 1. The van der Waals surface area contributed by atoms with Crippen molar-refractivity contribution < 1.29 is 9.53 Å². The molecule has 5 heteroatoms. The zero-order chi connectivity index (χ0) is 10.6. The van der Waals surface area contributed by atoms with E-state index in [0.717, 1.165) is 11.3 Å². The Morgan fingerprint density at radius 1 is 1.64 bits per heavy atom. The van der Waals surface area contributed by atoms with Gasteiger partial charge in [0, 0.05) is 5.69 Å². The summed E-state index contributed by atoms with van der Waals surface area (Å²) in [6.07, 6.45) is 1.59. The largest absolute Gasteiger partial charge is 0.482 e. The number of nitrogens with zero attached hydrogens (tertiary/aromatic N) is 1. The minimum atomic E-state index is -0.370. The highest BCUT2D eigenvalue weighted by molar-refractivity contribution is 5.76. The van der Waals surface area contributed by atoms with Crippen molar-refractivity contribution >= 4 is 5.91 Å². The number of hydrogen-bond donors (Lipinski definition) is 2. The van der Waals surface area contributed by atoms with Gasteiger partial charge in [-0.05, 0) is 25.5 Å². The predicted molar refractivity (Wildman–Crippen MR) is 51.5 cm³/mol. The standard InChI is InChI=1S/C9H13N3O2/c1-6-3-7(2)11-4-8(6)14-5-9(13)12-10/h3-4H,5,10H2,1-2H3,(H,12,13). The predicted octanol–water partition coefficient (Wildman–Crippen LogP) is 0.0671. The minimum absolute atomic E-state index is 0.0952. The second-order valence-corrected chi connectivity index (χ2v) is 2.95. The Labute approximate surface area is 82.2 Å². The van der Waals surface area contributed by atoms with E-state index in [1.54, 1.807) is 6.20 Å². The molecule has 0 atom stereocenters. The van der Waals surface area contributed by atoms with E-state index in [-0.39, 0.29) is 12.5 Å². The van der Waals surface area contributed by atoms with Crippen molar-refractivity contribution in [2.24, 2.45) is 5.84 Å². The molecule has 1 heterocycles. The van der Waals surface area contributed by atoms with Gasteiger partial charge in [-0.25, -0.2) is 5.84 Å². The van der Waals surface area contributed by atoms with Crippen molar-refractivity contribution in [1.29, 1.82) is 0 Å². The Hall–Kier alpha value is -1.62. The second-order valence-electron chi connectivity index (χ2n) is 2.95. The molecule has 0 aliphatic carbocycles. The van der Waals surface area contributed by atoms with Crippen LogP contribution in [-0.4, -0.2) is 17.5 Å². The lowest BCUT2D eigenvalue weighted by Gasteiger charge is -2.07. The number of nitrogens with two attached hydrogens (primary N) is 1. The molecule has 0 saturated carbocycles. The van der Waals surface area contributed by atoms with Gasteiger partial charge in [0.25, 0.3) is 5.91 Å². The van der Waals surface area contributed by atoms with Crippen molar-refractivity contribution in [3.05, 3.63) is 23.5 Å². The number of carbonyl (C=O) groups is 1. The van der Waals surface area contributed by atoms with Crippen LogP contribution in [0.2, 0.25) is 0 Å². The van der Waals surface area contributed by atoms with E-state index >= 15 is 0 Å². The number of hydrogen-bond acceptors (Lipinski definition) is 4. The maximum Gasteiger partial charge on any atom is 0.271 e. The molecule has 5 nitrogen and oxygen atoms in total. The smallest absolute Gasteiger partial charge is 0.271 e. The summed E-state index contributed by atoms with van der Waals surface area (Å²) < 4.78 is 5.19. The lowest BCUT2D eigenvalue weighted by molar-refractivity contribution is -0.123. The van der Waals surface area contributed by atoms with E-state index in [1.807, 2.05) is 25.3 Å². The third kappa shape index (κ3) is 2.70. The molecule has 0 aliphatic rings. The first-order valence-corrected chi connectivity index (χ1v) is 4.19. The average Bonchev–Trinajstić information content (AvgIpc) is 2.16. The summed E-state index contributed by atoms with van der Waals surface area (Å²) in [7, 11) is 0. The molecule has 0 unspecified atom stereocenters. The topological polar surface area (TPSA) is 77.2 Å². The second kappa shape index (κ2) is 4.57. The molecule has 0 saturated heterocycles. The first-order chi connectivity index (χ1) is 6.63. The number of amides is 1. The molecule has 0 aliphatic heterocycles. The maximum atomic E-state index is 10.8. The Morgan fingerprint density at radius 3 is 2.93 bits per heavy atom. The molecule has 3 N–H and O–H groups in total. The molecular weight excluding hydrogens is 182 g/mol. The number of carbonyl (C=O) groups excluding carboxylic acids is 1. The summed E-state index contributed by atoms with van der Waals surface area (Å²) in [6.45, 7) is 3.69. The normalized spacial score (nSPS) is 9.64. The highest BCUT2D eigenvalue weighted by atomic mass is 16.5. The van der Waals surface area contributed by atoms with Crippen LogP contribution in [0.15, 0.2) is 12.3 Å². The molecule has 0 fully saturated rings. The van der Waals surface area contributed by atoms with Gasteiger partial charge >= 0.3 is 0 Å². The Balaban J connectivity index is 2.63. The van der Waals surface area contributed by atoms with Crippen LogP contribution in [0, 0.1) is 13.8 Å². The van der Waals surface area contributed by atoms with E-state index < -0.39 is 0 Å². The lowest BCUT2D eigenvalue weighted by Crippen LogP contribution is -2.34. The number of aromatic nitrogens is 1. The van der Waals surface area contributed by atoms with Crippen molar-refractivity contribution in [3.63, 3.8) is 0 Å². The third-order valence-electron chi connectivity index (χ3n) is 1.72. The SMILES string of the molecule is Cc1cc(C)c(OCC(=O)NN)cn1. The van der Waals surface area contributed by atoms with E-state index in [9.17, 15) is 4.79 Å². The first kappa shape index (κ1) is 10.5. The third-order valence-corrected chi connectivity index (χ3v) is 1.72. The van der Waals surface area contributed by atoms with Crippen LogP contribution in [0.3, 0.4) is 0 Å². The van der Waals surface area contributed by atoms with Crippen LogP contribution < -0.4 is 16.0 Å². The number of ether oxygens (including phenoxy) is 1. The van der Waals surface area contributed by atoms with E-state index in [0.29, 0.717) is 5.75 Å². The van der Waals surface area contributed by atoms with Crippen LogP contribution in [0.4, 0.5) is 0 Å². The lowest BCUT2D eigenvalue weighted by atomic mass is 10.2. The number of hydrazine groups is 1. The van der Waals surface area contributed by atoms with Crippen molar-refractivity contribution in [1.82, 2.24) is 10.4 Å². The summed E-state index contributed by atoms with van der Waals surface area (Å²) in [6, 6.07) is 1.88. The fraction of sp³-hybridized carbons (Fsp3) is 0.333. The van der Waals surface area contributed by atoms with Gasteiger partial charge in [-0.1, -0.05) is 0 Å². The van der Waals surface area contributed by atoms with Crippen LogP contribution in [0.5, 0.6) is 5.75 Å². The van der Waals surface area contributed by atoms with Gasteiger partial charge in [0.1, 0.15) is 5.75 Å². The van der Waals surface area contributed by atoms with Crippen molar-refractivity contribution in [2.75, 3.05) is 6.61 Å². The Morgan fingerprint density at radius 2 is 2.36 bits per heavy atom. The molecule has 0 bridgehead atoms. The fourth-order valence-electron chi connectivity index (χ4n) is 1.02. The number of rotatable bonds is 3. The zero-order valence-corrected chi connectivity index (χ0v) is 8.20. The monoisotopic (exact) mass is 195 g/mol. The zero-order valence-electron chi connectivity index (χ0n) is 8.20. The minimum Gasteiger partial charge on any atom is -0.482 e. The molecule has 0 aromatic carbocycles. The molecule has 14 heavy (non-hydrogen) atoms. The first-order valence-electron chi connectivity index (χ1n) is 4.19. The molecule has 76 valence electrons. The van der Waals surface area contributed by atoms with Crippen molar-refractivity contribution in [3.8, 4) is 5.75 Å². The summed E-state index contributed by atoms with van der Waals surface area (Å²) in [5.41, 5.74) is 3.84. The van der Waals surface area contributed by atoms with Gasteiger partial charge in [0.15, 0.2) is 6.61 Å². The van der Waals surface area contributed by atoms with E-state index in [2.05, 4.69) is 4.98 Å². The number of pyridine rings is 1. The van der Waals surface area contributed by atoms with Crippen LogP contribution in [0.1, 0.15) is 11.3 Å². The highest BCUT2D eigenvalue weighted by Gasteiger charge is 2.03. The quantitative estimate of drug-likeness (QED) is 0.406. The van der Waals surface area contributed by atoms with Gasteiger partial charge in [-0.2, -0.15) is 0 Å². The van der Waals surface area contributed by atoms with Gasteiger partial charge < -0.3 is 4.74 Å². The van der Waals surface area contributed by atoms with Crippen LogP contribution in [-0.2, 0) is 4.79 Å². The summed E-state index contributed by atoms with van der Waals surface area (Å²) in [5, 5.41) is 0. The Kier molecular flexibility index (Phi) is 3.41. The highest BCUT2D eigenvalue weighted by Crippen LogP contribution is 2.15.